The Labute approximate surface area is 166 Å². The molecule has 3 rings (SSSR count). The fourth-order valence-corrected chi connectivity index (χ4v) is 3.41. The molecule has 1 saturated heterocycles. The first-order chi connectivity index (χ1) is 13.5. The van der Waals surface area contributed by atoms with Crippen LogP contribution in [-0.4, -0.2) is 35.6 Å². The van der Waals surface area contributed by atoms with E-state index in [0.717, 1.165) is 22.2 Å². The van der Waals surface area contributed by atoms with Crippen molar-refractivity contribution in [3.8, 4) is 11.5 Å². The number of thioether (sulfide) groups is 1. The number of primary amides is 1. The number of hydrogen-bond acceptors (Lipinski definition) is 6. The van der Waals surface area contributed by atoms with Crippen LogP contribution in [-0.2, 0) is 16.2 Å². The average Bonchev–Trinajstić information content (AvgIpc) is 2.94. The standard InChI is InChI=1S/C20H18N2O5S/c1-26-16-9-14(7-8-15(16)27-12-13-5-3-2-4-6-13)10-17-19(24)22(11-18(21)23)20(25)28-17/h2-10H,11-12H2,1H3,(H2,21,23)/b17-10-. The van der Waals surface area contributed by atoms with E-state index in [2.05, 4.69) is 0 Å². The molecule has 1 aliphatic heterocycles. The molecule has 2 aromatic carbocycles. The van der Waals surface area contributed by atoms with E-state index < -0.39 is 23.6 Å². The predicted octanol–water partition coefficient (Wildman–Crippen LogP) is 2.80. The summed E-state index contributed by atoms with van der Waals surface area (Å²) in [6.45, 7) is -0.0415. The highest BCUT2D eigenvalue weighted by Gasteiger charge is 2.35. The Morgan fingerprint density at radius 2 is 1.89 bits per heavy atom. The number of carbonyl (C=O) groups excluding carboxylic acids is 3. The van der Waals surface area contributed by atoms with E-state index >= 15 is 0 Å². The minimum absolute atomic E-state index is 0.214. The van der Waals surface area contributed by atoms with Crippen LogP contribution in [0.4, 0.5) is 4.79 Å². The van der Waals surface area contributed by atoms with Crippen molar-refractivity contribution in [3.63, 3.8) is 0 Å². The first-order valence-corrected chi connectivity index (χ1v) is 9.18. The van der Waals surface area contributed by atoms with Gasteiger partial charge in [-0.25, -0.2) is 0 Å². The largest absolute Gasteiger partial charge is 0.493 e. The maximum Gasteiger partial charge on any atom is 0.294 e. The fourth-order valence-electron chi connectivity index (χ4n) is 2.57. The summed E-state index contributed by atoms with van der Waals surface area (Å²) in [5.41, 5.74) is 6.76. The first kappa shape index (κ1) is 19.5. The van der Waals surface area contributed by atoms with Gasteiger partial charge in [0.1, 0.15) is 13.2 Å². The van der Waals surface area contributed by atoms with E-state index in [9.17, 15) is 14.4 Å². The van der Waals surface area contributed by atoms with Gasteiger partial charge in [-0.2, -0.15) is 0 Å². The Kier molecular flexibility index (Phi) is 6.00. The summed E-state index contributed by atoms with van der Waals surface area (Å²) >= 11 is 0.763. The fraction of sp³-hybridized carbons (Fsp3) is 0.150. The summed E-state index contributed by atoms with van der Waals surface area (Å²) in [4.78, 5) is 36.2. The third-order valence-electron chi connectivity index (χ3n) is 3.91. The monoisotopic (exact) mass is 398 g/mol. The highest BCUT2D eigenvalue weighted by atomic mass is 32.2. The summed E-state index contributed by atoms with van der Waals surface area (Å²) in [6, 6.07) is 14.9. The number of hydrogen-bond donors (Lipinski definition) is 1. The Bertz CT molecular complexity index is 943. The van der Waals surface area contributed by atoms with Crippen LogP contribution in [0, 0.1) is 0 Å². The second-order valence-corrected chi connectivity index (χ2v) is 6.91. The van der Waals surface area contributed by atoms with E-state index in [1.807, 2.05) is 30.3 Å². The second-order valence-electron chi connectivity index (χ2n) is 5.92. The first-order valence-electron chi connectivity index (χ1n) is 8.36. The number of methoxy groups -OCH3 is 1. The molecular formula is C20H18N2O5S. The van der Waals surface area contributed by atoms with Crippen LogP contribution in [0.3, 0.4) is 0 Å². The van der Waals surface area contributed by atoms with Crippen molar-refractivity contribution < 1.29 is 23.9 Å². The van der Waals surface area contributed by atoms with Gasteiger partial charge in [0.25, 0.3) is 11.1 Å². The lowest BCUT2D eigenvalue weighted by molar-refractivity contribution is -0.127. The highest BCUT2D eigenvalue weighted by Crippen LogP contribution is 2.34. The predicted molar refractivity (Wildman–Crippen MR) is 106 cm³/mol. The van der Waals surface area contributed by atoms with E-state index in [0.29, 0.717) is 23.7 Å². The molecule has 28 heavy (non-hydrogen) atoms. The molecule has 0 atom stereocenters. The normalized spacial score (nSPS) is 15.2. The van der Waals surface area contributed by atoms with Crippen LogP contribution >= 0.6 is 11.8 Å². The van der Waals surface area contributed by atoms with Gasteiger partial charge in [0.15, 0.2) is 11.5 Å². The molecule has 1 heterocycles. The number of benzene rings is 2. The minimum Gasteiger partial charge on any atom is -0.493 e. The van der Waals surface area contributed by atoms with Crippen LogP contribution in [0.15, 0.2) is 53.4 Å². The zero-order valence-corrected chi connectivity index (χ0v) is 15.9. The highest BCUT2D eigenvalue weighted by molar-refractivity contribution is 8.18. The lowest BCUT2D eigenvalue weighted by Gasteiger charge is -2.11. The van der Waals surface area contributed by atoms with Gasteiger partial charge < -0.3 is 15.2 Å². The Balaban J connectivity index is 1.76. The molecule has 3 amide bonds. The molecular weight excluding hydrogens is 380 g/mol. The van der Waals surface area contributed by atoms with E-state index in [1.165, 1.54) is 7.11 Å². The molecule has 0 aromatic heterocycles. The van der Waals surface area contributed by atoms with Gasteiger partial charge in [0.2, 0.25) is 5.91 Å². The molecule has 2 N–H and O–H groups in total. The number of nitrogens with zero attached hydrogens (tertiary/aromatic N) is 1. The third kappa shape index (κ3) is 4.52. The molecule has 7 nitrogen and oxygen atoms in total. The third-order valence-corrected chi connectivity index (χ3v) is 4.82. The molecule has 2 aromatic rings. The van der Waals surface area contributed by atoms with Gasteiger partial charge in [-0.15, -0.1) is 0 Å². The topological polar surface area (TPSA) is 98.9 Å². The number of ether oxygens (including phenoxy) is 2. The summed E-state index contributed by atoms with van der Waals surface area (Å²) < 4.78 is 11.2. The van der Waals surface area contributed by atoms with E-state index in [-0.39, 0.29) is 4.91 Å². The van der Waals surface area contributed by atoms with Gasteiger partial charge >= 0.3 is 0 Å². The number of carbonyl (C=O) groups is 3. The average molecular weight is 398 g/mol. The second kappa shape index (κ2) is 8.62. The smallest absolute Gasteiger partial charge is 0.294 e. The summed E-state index contributed by atoms with van der Waals surface area (Å²) in [5, 5.41) is -0.523. The number of amides is 3. The van der Waals surface area contributed by atoms with Crippen molar-refractivity contribution in [2.45, 2.75) is 6.61 Å². The molecule has 0 bridgehead atoms. The summed E-state index contributed by atoms with van der Waals surface area (Å²) in [7, 11) is 1.52. The molecule has 0 unspecified atom stereocenters. The van der Waals surface area contributed by atoms with Crippen molar-refractivity contribution in [2.75, 3.05) is 13.7 Å². The maximum atomic E-state index is 12.3. The SMILES string of the molecule is COc1cc(/C=C2\SC(=O)N(CC(N)=O)C2=O)ccc1OCc1ccccc1. The Morgan fingerprint density at radius 3 is 2.57 bits per heavy atom. The van der Waals surface area contributed by atoms with Crippen LogP contribution in [0.25, 0.3) is 6.08 Å². The number of rotatable bonds is 7. The molecule has 0 saturated carbocycles. The molecule has 1 fully saturated rings. The molecule has 0 spiro atoms. The van der Waals surface area contributed by atoms with E-state index in [1.54, 1.807) is 24.3 Å². The lowest BCUT2D eigenvalue weighted by Crippen LogP contribution is -2.36. The van der Waals surface area contributed by atoms with Crippen LogP contribution < -0.4 is 15.2 Å². The van der Waals surface area contributed by atoms with Crippen molar-refractivity contribution >= 4 is 34.9 Å². The van der Waals surface area contributed by atoms with Gasteiger partial charge in [-0.3, -0.25) is 19.3 Å². The van der Waals surface area contributed by atoms with Gasteiger partial charge in [-0.05, 0) is 41.1 Å². The molecule has 8 heteroatoms. The summed E-state index contributed by atoms with van der Waals surface area (Å²) in [6.07, 6.45) is 1.56. The van der Waals surface area contributed by atoms with Crippen molar-refractivity contribution in [2.24, 2.45) is 5.73 Å². The van der Waals surface area contributed by atoms with Crippen molar-refractivity contribution in [1.82, 2.24) is 4.90 Å². The van der Waals surface area contributed by atoms with Crippen LogP contribution in [0.1, 0.15) is 11.1 Å². The molecule has 0 aliphatic carbocycles. The Morgan fingerprint density at radius 1 is 1.14 bits per heavy atom. The van der Waals surface area contributed by atoms with Gasteiger partial charge in [-0.1, -0.05) is 36.4 Å². The minimum atomic E-state index is -0.745. The summed E-state index contributed by atoms with van der Waals surface area (Å²) in [5.74, 6) is -0.228. The maximum absolute atomic E-state index is 12.3. The van der Waals surface area contributed by atoms with Crippen molar-refractivity contribution in [3.05, 3.63) is 64.6 Å². The van der Waals surface area contributed by atoms with Crippen molar-refractivity contribution in [1.29, 1.82) is 0 Å². The quantitative estimate of drug-likeness (QED) is 0.720. The lowest BCUT2D eigenvalue weighted by atomic mass is 10.1. The van der Waals surface area contributed by atoms with Crippen LogP contribution in [0.5, 0.6) is 11.5 Å². The molecule has 1 aliphatic rings. The zero-order valence-electron chi connectivity index (χ0n) is 15.1. The Hall–Kier alpha value is -3.26. The van der Waals surface area contributed by atoms with Gasteiger partial charge in [0, 0.05) is 0 Å². The molecule has 0 radical (unpaired) electrons. The zero-order chi connectivity index (χ0) is 20.1. The van der Waals surface area contributed by atoms with E-state index in [4.69, 9.17) is 15.2 Å². The number of imide groups is 1. The molecule has 144 valence electrons. The van der Waals surface area contributed by atoms with Crippen LogP contribution in [0.2, 0.25) is 0 Å². The van der Waals surface area contributed by atoms with Gasteiger partial charge in [0.05, 0.1) is 12.0 Å². The number of nitrogens with two attached hydrogens (primary N) is 1.